The number of fused-ring (bicyclic) bond motifs is 1. The topological polar surface area (TPSA) is 64.2 Å². The average Bonchev–Trinajstić information content (AvgIpc) is 3.29. The molecule has 10 heteroatoms. The van der Waals surface area contributed by atoms with Gasteiger partial charge in [0.1, 0.15) is 11.5 Å². The van der Waals surface area contributed by atoms with Gasteiger partial charge in [0, 0.05) is 101 Å². The summed E-state index contributed by atoms with van der Waals surface area (Å²) in [5, 5.41) is 2.32. The Morgan fingerprint density at radius 3 is 2.61 bits per heavy atom. The summed E-state index contributed by atoms with van der Waals surface area (Å²) in [4.78, 5) is 23.0. The third-order valence-corrected chi connectivity index (χ3v) is 9.20. The summed E-state index contributed by atoms with van der Waals surface area (Å²) in [6.45, 7) is 7.16. The Balaban J connectivity index is 1.42. The number of nitrogens with one attached hydrogen (secondary N) is 1. The molecule has 1 amide bonds. The molecule has 6 rings (SSSR count). The second-order valence-electron chi connectivity index (χ2n) is 11.9. The van der Waals surface area contributed by atoms with E-state index in [1.807, 2.05) is 42.1 Å². The van der Waals surface area contributed by atoms with E-state index in [0.29, 0.717) is 30.3 Å². The third kappa shape index (κ3) is 4.95. The van der Waals surface area contributed by atoms with Crippen LogP contribution >= 0.6 is 0 Å². The van der Waals surface area contributed by atoms with E-state index in [1.165, 1.54) is 5.70 Å². The van der Waals surface area contributed by atoms with Crippen LogP contribution in [0.5, 0.6) is 0 Å². The number of ether oxygens (including phenoxy) is 1. The number of anilines is 2. The zero-order valence-corrected chi connectivity index (χ0v) is 24.4. The second kappa shape index (κ2) is 10.9. The number of amides is 1. The minimum atomic E-state index is -2.63. The van der Waals surface area contributed by atoms with Crippen LogP contribution in [-0.2, 0) is 16.0 Å². The maximum absolute atomic E-state index is 14.7. The van der Waals surface area contributed by atoms with Gasteiger partial charge < -0.3 is 24.4 Å². The quantitative estimate of drug-likeness (QED) is 0.562. The first-order valence-corrected chi connectivity index (χ1v) is 14.7. The molecule has 1 N–H and O–H groups in total. The van der Waals surface area contributed by atoms with E-state index >= 15 is 0 Å². The van der Waals surface area contributed by atoms with Crippen LogP contribution in [0.4, 0.5) is 20.3 Å². The minimum Gasteiger partial charge on any atom is -0.381 e. The number of rotatable bonds is 5. The highest BCUT2D eigenvalue weighted by Crippen LogP contribution is 2.46. The Hall–Kier alpha value is -3.24. The second-order valence-corrected chi connectivity index (χ2v) is 11.9. The van der Waals surface area contributed by atoms with Crippen molar-refractivity contribution in [3.8, 4) is 11.1 Å². The number of hydrogen-bond acceptors (Lipinski definition) is 7. The number of hydrazine groups is 1. The van der Waals surface area contributed by atoms with E-state index in [4.69, 9.17) is 4.74 Å². The molecule has 1 aromatic carbocycles. The summed E-state index contributed by atoms with van der Waals surface area (Å²) in [5.41, 5.74) is 8.73. The molecule has 0 bridgehead atoms. The first kappa shape index (κ1) is 27.9. The molecule has 4 aliphatic rings. The van der Waals surface area contributed by atoms with Crippen LogP contribution in [-0.4, -0.2) is 79.4 Å². The third-order valence-electron chi connectivity index (χ3n) is 9.20. The molecule has 4 aliphatic heterocycles. The number of aromatic nitrogens is 1. The van der Waals surface area contributed by atoms with Crippen LogP contribution in [0.1, 0.15) is 57.1 Å². The van der Waals surface area contributed by atoms with Crippen molar-refractivity contribution in [1.82, 2.24) is 20.3 Å². The van der Waals surface area contributed by atoms with Gasteiger partial charge in [-0.05, 0) is 68.0 Å². The fourth-order valence-corrected chi connectivity index (χ4v) is 6.92. The number of pyridine rings is 1. The van der Waals surface area contributed by atoms with E-state index in [1.54, 1.807) is 19.2 Å². The predicted octanol–water partition coefficient (Wildman–Crippen LogP) is 4.73. The Morgan fingerprint density at radius 1 is 1.17 bits per heavy atom. The summed E-state index contributed by atoms with van der Waals surface area (Å²) in [6, 6.07) is 7.67. The summed E-state index contributed by atoms with van der Waals surface area (Å²) in [7, 11) is 3.81. The predicted molar refractivity (Wildman–Crippen MR) is 156 cm³/mol. The lowest BCUT2D eigenvalue weighted by Crippen LogP contribution is -2.62. The Labute approximate surface area is 240 Å². The van der Waals surface area contributed by atoms with Gasteiger partial charge >= 0.3 is 0 Å². The van der Waals surface area contributed by atoms with E-state index < -0.39 is 12.1 Å². The summed E-state index contributed by atoms with van der Waals surface area (Å²) in [6.07, 6.45) is 3.40. The monoisotopic (exact) mass is 566 g/mol. The number of nitrogens with zero attached hydrogens (tertiary/aromatic N) is 5. The van der Waals surface area contributed by atoms with Gasteiger partial charge in [-0.15, -0.1) is 0 Å². The van der Waals surface area contributed by atoms with Crippen molar-refractivity contribution in [2.75, 3.05) is 56.7 Å². The molecule has 0 saturated carbocycles. The number of halogens is 2. The molecule has 1 saturated heterocycles. The number of carbonyl (C=O) groups is 1. The van der Waals surface area contributed by atoms with E-state index in [9.17, 15) is 13.6 Å². The fourth-order valence-electron chi connectivity index (χ4n) is 6.92. The van der Waals surface area contributed by atoms with Crippen molar-refractivity contribution in [1.29, 1.82) is 0 Å². The molecule has 41 heavy (non-hydrogen) atoms. The van der Waals surface area contributed by atoms with Gasteiger partial charge in [-0.3, -0.25) is 4.79 Å². The highest BCUT2D eigenvalue weighted by atomic mass is 19.3. The molecule has 0 spiro atoms. The molecule has 0 radical (unpaired) electrons. The maximum Gasteiger partial charge on any atom is 0.264 e. The Bertz CT molecular complexity index is 1340. The van der Waals surface area contributed by atoms with Crippen molar-refractivity contribution in [3.63, 3.8) is 0 Å². The molecule has 1 fully saturated rings. The van der Waals surface area contributed by atoms with Crippen LogP contribution in [0.2, 0.25) is 0 Å². The van der Waals surface area contributed by atoms with Gasteiger partial charge in [0.2, 0.25) is 5.91 Å². The van der Waals surface area contributed by atoms with Crippen LogP contribution < -0.4 is 15.2 Å². The highest BCUT2D eigenvalue weighted by Gasteiger charge is 2.50. The molecule has 1 aromatic heterocycles. The molecular formula is C31H40F2N6O2. The van der Waals surface area contributed by atoms with E-state index in [0.717, 1.165) is 74.5 Å². The lowest BCUT2D eigenvalue weighted by atomic mass is 9.88. The van der Waals surface area contributed by atoms with Gasteiger partial charge in [0.05, 0.1) is 0 Å². The lowest BCUT2D eigenvalue weighted by Gasteiger charge is -2.47. The fraction of sp³-hybridized carbons (Fsp3) is 0.548. The normalized spacial score (nSPS) is 23.2. The van der Waals surface area contributed by atoms with E-state index in [-0.39, 0.29) is 11.5 Å². The molecule has 2 aromatic rings. The number of aryl methyl sites for hydroxylation is 1. The van der Waals surface area contributed by atoms with Crippen molar-refractivity contribution in [3.05, 3.63) is 52.9 Å². The lowest BCUT2D eigenvalue weighted by molar-refractivity contribution is -0.128. The summed E-state index contributed by atoms with van der Waals surface area (Å²) >= 11 is 0. The van der Waals surface area contributed by atoms with Gasteiger partial charge in [0.15, 0.2) is 0 Å². The van der Waals surface area contributed by atoms with Crippen molar-refractivity contribution < 1.29 is 18.3 Å². The van der Waals surface area contributed by atoms with Gasteiger partial charge in [0.25, 0.3) is 6.43 Å². The zero-order valence-electron chi connectivity index (χ0n) is 24.4. The Morgan fingerprint density at radius 2 is 1.95 bits per heavy atom. The van der Waals surface area contributed by atoms with Crippen molar-refractivity contribution in [2.45, 2.75) is 64.1 Å². The van der Waals surface area contributed by atoms with Crippen LogP contribution in [0.15, 0.2) is 41.7 Å². The summed E-state index contributed by atoms with van der Waals surface area (Å²) in [5.74, 6) is 0.836. The molecule has 0 aliphatic carbocycles. The average molecular weight is 567 g/mol. The Kier molecular flexibility index (Phi) is 7.40. The number of hydrogen-bond donors (Lipinski definition) is 1. The highest BCUT2D eigenvalue weighted by molar-refractivity contribution is 5.76. The minimum absolute atomic E-state index is 0.0149. The first-order valence-electron chi connectivity index (χ1n) is 14.7. The van der Waals surface area contributed by atoms with Gasteiger partial charge in [-0.1, -0.05) is 0 Å². The molecule has 220 valence electrons. The number of carbonyl (C=O) groups excluding carboxylic acids is 1. The molecule has 1 atom stereocenters. The molecule has 8 nitrogen and oxygen atoms in total. The molecular weight excluding hydrogens is 526 g/mol. The maximum atomic E-state index is 14.7. The number of benzene rings is 1. The van der Waals surface area contributed by atoms with E-state index in [2.05, 4.69) is 27.2 Å². The zero-order chi connectivity index (χ0) is 28.9. The van der Waals surface area contributed by atoms with Crippen LogP contribution in [0.25, 0.3) is 11.1 Å². The summed E-state index contributed by atoms with van der Waals surface area (Å²) < 4.78 is 35.0. The molecule has 5 heterocycles. The van der Waals surface area contributed by atoms with Gasteiger partial charge in [-0.2, -0.15) is 0 Å². The number of alkyl halides is 2. The van der Waals surface area contributed by atoms with Crippen LogP contribution in [0.3, 0.4) is 0 Å². The smallest absolute Gasteiger partial charge is 0.264 e. The van der Waals surface area contributed by atoms with Crippen molar-refractivity contribution >= 4 is 17.4 Å². The van der Waals surface area contributed by atoms with Crippen LogP contribution in [0, 0.1) is 0 Å². The standard InChI is InChI=1S/C31H40F2N6O2/c1-20(40)37-13-9-27-26(19-37)31(2,35-39(27)23-10-14-41-15-11-23)38-12-5-6-21-16-24(25(30(32)33)17-28(21)38)22-7-8-29(34-18-22)36(3)4/h7-8,16-18,23,30,35H,5-6,9-15,19H2,1-4H3. The first-order chi connectivity index (χ1) is 19.7. The SMILES string of the molecule is CC(=O)N1CCC2=C(C1)C(C)(N1CCCc3cc(-c4ccc(N(C)C)nc4)c(C(F)F)cc31)NN2C1CCOCC1. The molecule has 1 unspecified atom stereocenters. The van der Waals surface area contributed by atoms with Crippen molar-refractivity contribution in [2.24, 2.45) is 0 Å². The van der Waals surface area contributed by atoms with Gasteiger partial charge in [-0.25, -0.2) is 19.2 Å². The largest absolute Gasteiger partial charge is 0.381 e.